The van der Waals surface area contributed by atoms with Gasteiger partial charge in [0.15, 0.2) is 15.7 Å². The first-order chi connectivity index (χ1) is 11.8. The van der Waals surface area contributed by atoms with Crippen LogP contribution in [0.4, 0.5) is 0 Å². The molecular weight excluding hydrogens is 340 g/mol. The SMILES string of the molecule is Cc1ccc(-c2cc(-c3nc(C4(S(C)(=O)=O)CC4)no3)[nH]n2)c(C)c1. The van der Waals surface area contributed by atoms with Crippen molar-refractivity contribution in [2.24, 2.45) is 0 Å². The van der Waals surface area contributed by atoms with Crippen LogP contribution in [0.25, 0.3) is 22.8 Å². The van der Waals surface area contributed by atoms with Crippen LogP contribution in [0, 0.1) is 13.8 Å². The number of rotatable bonds is 4. The lowest BCUT2D eigenvalue weighted by Crippen LogP contribution is -2.20. The van der Waals surface area contributed by atoms with Crippen molar-refractivity contribution in [1.82, 2.24) is 20.3 Å². The van der Waals surface area contributed by atoms with Crippen LogP contribution in [0.1, 0.15) is 29.8 Å². The van der Waals surface area contributed by atoms with Crippen LogP contribution in [0.2, 0.25) is 0 Å². The van der Waals surface area contributed by atoms with E-state index in [1.165, 1.54) is 11.8 Å². The van der Waals surface area contributed by atoms with E-state index in [9.17, 15) is 8.42 Å². The molecule has 1 N–H and O–H groups in total. The molecule has 0 unspecified atom stereocenters. The minimum absolute atomic E-state index is 0.229. The molecule has 7 nitrogen and oxygen atoms in total. The molecule has 0 spiro atoms. The highest BCUT2D eigenvalue weighted by Crippen LogP contribution is 2.51. The van der Waals surface area contributed by atoms with E-state index < -0.39 is 14.6 Å². The van der Waals surface area contributed by atoms with Crippen molar-refractivity contribution in [2.75, 3.05) is 6.26 Å². The van der Waals surface area contributed by atoms with Gasteiger partial charge in [0.1, 0.15) is 10.4 Å². The Morgan fingerprint density at radius 1 is 1.20 bits per heavy atom. The van der Waals surface area contributed by atoms with Crippen LogP contribution in [-0.2, 0) is 14.6 Å². The third kappa shape index (κ3) is 2.57. The van der Waals surface area contributed by atoms with E-state index in [4.69, 9.17) is 4.52 Å². The first-order valence-electron chi connectivity index (χ1n) is 7.97. The second-order valence-corrected chi connectivity index (χ2v) is 9.00. The Morgan fingerprint density at radius 3 is 2.60 bits per heavy atom. The van der Waals surface area contributed by atoms with Gasteiger partial charge in [-0.3, -0.25) is 5.10 Å². The van der Waals surface area contributed by atoms with Crippen molar-refractivity contribution < 1.29 is 12.9 Å². The summed E-state index contributed by atoms with van der Waals surface area (Å²) in [5, 5.41) is 11.1. The first kappa shape index (κ1) is 16.0. The van der Waals surface area contributed by atoms with Crippen LogP contribution in [0.15, 0.2) is 28.8 Å². The molecule has 4 rings (SSSR count). The van der Waals surface area contributed by atoms with Gasteiger partial charge in [-0.1, -0.05) is 28.9 Å². The minimum Gasteiger partial charge on any atom is -0.332 e. The zero-order valence-electron chi connectivity index (χ0n) is 14.2. The number of benzene rings is 1. The van der Waals surface area contributed by atoms with Crippen molar-refractivity contribution in [1.29, 1.82) is 0 Å². The lowest BCUT2D eigenvalue weighted by Gasteiger charge is -2.05. The molecule has 25 heavy (non-hydrogen) atoms. The second-order valence-electron chi connectivity index (χ2n) is 6.67. The summed E-state index contributed by atoms with van der Waals surface area (Å²) in [7, 11) is -3.27. The number of sulfone groups is 1. The molecule has 2 aromatic heterocycles. The number of aromatic nitrogens is 4. The van der Waals surface area contributed by atoms with Crippen molar-refractivity contribution in [3.63, 3.8) is 0 Å². The molecule has 8 heteroatoms. The molecule has 0 aliphatic heterocycles. The van der Waals surface area contributed by atoms with Crippen LogP contribution >= 0.6 is 0 Å². The Labute approximate surface area is 145 Å². The second kappa shape index (κ2) is 5.26. The quantitative estimate of drug-likeness (QED) is 0.769. The molecule has 1 saturated carbocycles. The van der Waals surface area contributed by atoms with Gasteiger partial charge in [-0.05, 0) is 38.3 Å². The molecule has 1 fully saturated rings. The molecule has 0 radical (unpaired) electrons. The average Bonchev–Trinajstić information content (AvgIpc) is 3.00. The maximum Gasteiger partial charge on any atom is 0.276 e. The van der Waals surface area contributed by atoms with Gasteiger partial charge in [0.2, 0.25) is 0 Å². The third-order valence-corrected chi connectivity index (χ3v) is 6.72. The summed E-state index contributed by atoms with van der Waals surface area (Å²) in [5.41, 5.74) is 4.67. The fraction of sp³-hybridized carbons (Fsp3) is 0.353. The van der Waals surface area contributed by atoms with Gasteiger partial charge in [-0.15, -0.1) is 0 Å². The predicted molar refractivity (Wildman–Crippen MR) is 92.5 cm³/mol. The lowest BCUT2D eigenvalue weighted by atomic mass is 10.0. The van der Waals surface area contributed by atoms with Gasteiger partial charge in [0, 0.05) is 11.8 Å². The highest BCUT2D eigenvalue weighted by Gasteiger charge is 2.57. The van der Waals surface area contributed by atoms with Crippen LogP contribution in [0.5, 0.6) is 0 Å². The molecule has 0 bridgehead atoms. The molecule has 1 aromatic carbocycles. The number of hydrogen-bond donors (Lipinski definition) is 1. The van der Waals surface area contributed by atoms with Gasteiger partial charge in [-0.25, -0.2) is 8.42 Å². The maximum absolute atomic E-state index is 12.0. The summed E-state index contributed by atoms with van der Waals surface area (Å²) in [6, 6.07) is 7.98. The Balaban J connectivity index is 1.68. The Kier molecular flexibility index (Phi) is 3.37. The summed E-state index contributed by atoms with van der Waals surface area (Å²) in [4.78, 5) is 4.30. The average molecular weight is 358 g/mol. The zero-order chi connectivity index (χ0) is 17.8. The topological polar surface area (TPSA) is 102 Å². The smallest absolute Gasteiger partial charge is 0.276 e. The van der Waals surface area contributed by atoms with Crippen molar-refractivity contribution in [2.45, 2.75) is 31.4 Å². The highest BCUT2D eigenvalue weighted by atomic mass is 32.2. The fourth-order valence-corrected chi connectivity index (χ4v) is 4.32. The van der Waals surface area contributed by atoms with Crippen molar-refractivity contribution in [3.8, 4) is 22.8 Å². The van der Waals surface area contributed by atoms with Crippen LogP contribution in [-0.4, -0.2) is 35.0 Å². The van der Waals surface area contributed by atoms with Gasteiger partial charge in [0.25, 0.3) is 5.89 Å². The summed E-state index contributed by atoms with van der Waals surface area (Å²) < 4.78 is 28.2. The van der Waals surface area contributed by atoms with E-state index in [0.717, 1.165) is 16.8 Å². The summed E-state index contributed by atoms with van der Waals surface area (Å²) >= 11 is 0. The van der Waals surface area contributed by atoms with E-state index in [1.54, 1.807) is 0 Å². The van der Waals surface area contributed by atoms with Gasteiger partial charge >= 0.3 is 0 Å². The molecular formula is C17H18N4O3S. The normalized spacial score (nSPS) is 16.1. The van der Waals surface area contributed by atoms with E-state index >= 15 is 0 Å². The lowest BCUT2D eigenvalue weighted by molar-refractivity contribution is 0.418. The Hall–Kier alpha value is -2.48. The Bertz CT molecular complexity index is 1060. The molecule has 1 aliphatic carbocycles. The molecule has 0 amide bonds. The Morgan fingerprint density at radius 2 is 1.96 bits per heavy atom. The number of nitrogens with one attached hydrogen (secondary N) is 1. The summed E-state index contributed by atoms with van der Waals surface area (Å²) in [6.07, 6.45) is 2.27. The van der Waals surface area contributed by atoms with Gasteiger partial charge < -0.3 is 4.52 Å². The van der Waals surface area contributed by atoms with Crippen molar-refractivity contribution in [3.05, 3.63) is 41.2 Å². The number of H-pyrrole nitrogens is 1. The van der Waals surface area contributed by atoms with Crippen LogP contribution < -0.4 is 0 Å². The van der Waals surface area contributed by atoms with E-state index in [1.807, 2.05) is 32.0 Å². The van der Waals surface area contributed by atoms with Gasteiger partial charge in [-0.2, -0.15) is 10.1 Å². The number of nitrogens with zero attached hydrogens (tertiary/aromatic N) is 3. The fourth-order valence-electron chi connectivity index (χ4n) is 3.06. The number of aromatic amines is 1. The van der Waals surface area contributed by atoms with E-state index in [2.05, 4.69) is 26.4 Å². The molecule has 3 aromatic rings. The maximum atomic E-state index is 12.0. The standard InChI is InChI=1S/C17H18N4O3S/c1-10-4-5-12(11(2)8-10)13-9-14(20-19-13)15-18-16(21-24-15)17(6-7-17)25(3,22)23/h4-5,8-9H,6-7H2,1-3H3,(H,19,20). The first-order valence-corrected chi connectivity index (χ1v) is 9.86. The largest absolute Gasteiger partial charge is 0.332 e. The van der Waals surface area contributed by atoms with Gasteiger partial charge in [0.05, 0.1) is 5.69 Å². The minimum atomic E-state index is -3.27. The van der Waals surface area contributed by atoms with Crippen molar-refractivity contribution >= 4 is 9.84 Å². The highest BCUT2D eigenvalue weighted by molar-refractivity contribution is 7.91. The molecule has 0 saturated heterocycles. The number of aryl methyl sites for hydroxylation is 2. The zero-order valence-corrected chi connectivity index (χ0v) is 15.0. The summed E-state index contributed by atoms with van der Waals surface area (Å²) in [5.74, 6) is 0.473. The van der Waals surface area contributed by atoms with E-state index in [-0.39, 0.29) is 11.7 Å². The van der Waals surface area contributed by atoms with Crippen LogP contribution in [0.3, 0.4) is 0 Å². The monoisotopic (exact) mass is 358 g/mol. The number of hydrogen-bond acceptors (Lipinski definition) is 6. The third-order valence-electron chi connectivity index (χ3n) is 4.71. The molecule has 130 valence electrons. The van der Waals surface area contributed by atoms with E-state index in [0.29, 0.717) is 18.5 Å². The summed E-state index contributed by atoms with van der Waals surface area (Å²) in [6.45, 7) is 4.08. The molecule has 0 atom stereocenters. The molecule has 2 heterocycles. The predicted octanol–water partition coefficient (Wildman–Crippen LogP) is 2.78. The molecule has 1 aliphatic rings.